The van der Waals surface area contributed by atoms with E-state index in [2.05, 4.69) is 17.4 Å². The van der Waals surface area contributed by atoms with Gasteiger partial charge in [-0.25, -0.2) is 0 Å². The minimum atomic E-state index is -0.0953. The van der Waals surface area contributed by atoms with Crippen LogP contribution < -0.4 is 10.2 Å². The summed E-state index contributed by atoms with van der Waals surface area (Å²) in [6.07, 6.45) is 1.62. The highest BCUT2D eigenvalue weighted by molar-refractivity contribution is 5.95. The maximum Gasteiger partial charge on any atom is 0.227 e. The Balaban J connectivity index is 1.87. The number of amides is 1. The molecular formula is C16H24N2O2. The van der Waals surface area contributed by atoms with Crippen LogP contribution in [0.1, 0.15) is 32.3 Å². The number of carbonyl (C=O) groups excluding carboxylic acids is 1. The largest absolute Gasteiger partial charge is 0.396 e. The Labute approximate surface area is 120 Å². The molecule has 0 aromatic heterocycles. The molecule has 1 aliphatic rings. The molecule has 0 spiro atoms. The van der Waals surface area contributed by atoms with E-state index >= 15 is 0 Å². The minimum Gasteiger partial charge on any atom is -0.396 e. The number of aliphatic hydroxyl groups excluding tert-OH is 1. The highest BCUT2D eigenvalue weighted by Crippen LogP contribution is 2.21. The molecule has 0 bridgehead atoms. The summed E-state index contributed by atoms with van der Waals surface area (Å²) in [4.78, 5) is 13.5. The lowest BCUT2D eigenvalue weighted by Crippen LogP contribution is -2.31. The summed E-state index contributed by atoms with van der Waals surface area (Å²) in [5.74, 6) is 0.223. The van der Waals surface area contributed by atoms with Crippen molar-refractivity contribution < 1.29 is 9.90 Å². The van der Waals surface area contributed by atoms with E-state index in [9.17, 15) is 9.90 Å². The number of nitrogens with one attached hydrogen (secondary N) is 1. The second kappa shape index (κ2) is 6.37. The summed E-state index contributed by atoms with van der Waals surface area (Å²) in [6.45, 7) is 6.62. The Morgan fingerprint density at radius 2 is 2.00 bits per heavy atom. The SMILES string of the molecule is CC(C)(CO)CNCc1ccc(N2CCCC2=O)cc1. The fourth-order valence-electron chi connectivity index (χ4n) is 2.32. The molecule has 0 radical (unpaired) electrons. The first kappa shape index (κ1) is 15.0. The highest BCUT2D eigenvalue weighted by atomic mass is 16.3. The average molecular weight is 276 g/mol. The number of rotatable bonds is 6. The molecule has 1 heterocycles. The topological polar surface area (TPSA) is 52.6 Å². The lowest BCUT2D eigenvalue weighted by molar-refractivity contribution is -0.117. The second-order valence-corrected chi connectivity index (χ2v) is 6.24. The maximum atomic E-state index is 11.7. The molecule has 1 aromatic carbocycles. The van der Waals surface area contributed by atoms with Gasteiger partial charge in [0.05, 0.1) is 0 Å². The quantitative estimate of drug-likeness (QED) is 0.834. The molecule has 1 aromatic rings. The molecule has 1 saturated heterocycles. The van der Waals surface area contributed by atoms with Crippen molar-refractivity contribution in [2.75, 3.05) is 24.6 Å². The summed E-state index contributed by atoms with van der Waals surface area (Å²) in [6, 6.07) is 8.13. The van der Waals surface area contributed by atoms with Crippen molar-refractivity contribution in [1.82, 2.24) is 5.32 Å². The van der Waals surface area contributed by atoms with Gasteiger partial charge in [-0.3, -0.25) is 4.79 Å². The van der Waals surface area contributed by atoms with E-state index in [1.54, 1.807) is 0 Å². The number of hydrogen-bond acceptors (Lipinski definition) is 3. The first-order valence-electron chi connectivity index (χ1n) is 7.23. The van der Waals surface area contributed by atoms with Crippen molar-refractivity contribution in [3.63, 3.8) is 0 Å². The zero-order chi connectivity index (χ0) is 14.6. The van der Waals surface area contributed by atoms with Gasteiger partial charge in [-0.2, -0.15) is 0 Å². The van der Waals surface area contributed by atoms with Crippen molar-refractivity contribution in [3.05, 3.63) is 29.8 Å². The Kier molecular flexibility index (Phi) is 4.78. The van der Waals surface area contributed by atoms with Crippen molar-refractivity contribution in [2.24, 2.45) is 5.41 Å². The fraction of sp³-hybridized carbons (Fsp3) is 0.562. The molecule has 2 rings (SSSR count). The molecule has 0 saturated carbocycles. The smallest absolute Gasteiger partial charge is 0.227 e. The molecule has 4 heteroatoms. The fourth-order valence-corrected chi connectivity index (χ4v) is 2.32. The van der Waals surface area contributed by atoms with Crippen LogP contribution in [0, 0.1) is 5.41 Å². The normalized spacial score (nSPS) is 15.9. The van der Waals surface area contributed by atoms with Crippen LogP contribution in [0.15, 0.2) is 24.3 Å². The standard InChI is InChI=1S/C16H24N2O2/c1-16(2,12-19)11-17-10-13-5-7-14(8-6-13)18-9-3-4-15(18)20/h5-8,17,19H,3-4,9-12H2,1-2H3. The molecule has 0 unspecified atom stereocenters. The third-order valence-corrected chi connectivity index (χ3v) is 3.68. The molecule has 1 aliphatic heterocycles. The van der Waals surface area contributed by atoms with E-state index < -0.39 is 0 Å². The Bertz CT molecular complexity index is 454. The summed E-state index contributed by atoms with van der Waals surface area (Å²) in [5, 5.41) is 12.5. The van der Waals surface area contributed by atoms with E-state index in [0.717, 1.165) is 31.7 Å². The van der Waals surface area contributed by atoms with Gasteiger partial charge in [0.25, 0.3) is 0 Å². The molecule has 110 valence electrons. The van der Waals surface area contributed by atoms with E-state index in [1.807, 2.05) is 30.9 Å². The van der Waals surface area contributed by atoms with Gasteiger partial charge in [-0.1, -0.05) is 26.0 Å². The third-order valence-electron chi connectivity index (χ3n) is 3.68. The van der Waals surface area contributed by atoms with Crippen LogP contribution in [0.3, 0.4) is 0 Å². The van der Waals surface area contributed by atoms with Crippen LogP contribution in [0.2, 0.25) is 0 Å². The van der Waals surface area contributed by atoms with Crippen LogP contribution in [0.4, 0.5) is 5.69 Å². The van der Waals surface area contributed by atoms with Gasteiger partial charge in [0.2, 0.25) is 5.91 Å². The molecule has 1 amide bonds. The molecule has 4 nitrogen and oxygen atoms in total. The van der Waals surface area contributed by atoms with Crippen molar-refractivity contribution in [2.45, 2.75) is 33.2 Å². The summed E-state index contributed by atoms with van der Waals surface area (Å²) in [7, 11) is 0. The Morgan fingerprint density at radius 1 is 1.30 bits per heavy atom. The van der Waals surface area contributed by atoms with Gasteiger partial charge in [-0.15, -0.1) is 0 Å². The lowest BCUT2D eigenvalue weighted by atomic mass is 9.95. The number of aliphatic hydroxyl groups is 1. The molecule has 1 fully saturated rings. The van der Waals surface area contributed by atoms with Crippen molar-refractivity contribution in [3.8, 4) is 0 Å². The monoisotopic (exact) mass is 276 g/mol. The molecule has 2 N–H and O–H groups in total. The number of carbonyl (C=O) groups is 1. The highest BCUT2D eigenvalue weighted by Gasteiger charge is 2.21. The number of hydrogen-bond donors (Lipinski definition) is 2. The van der Waals surface area contributed by atoms with E-state index in [1.165, 1.54) is 5.56 Å². The second-order valence-electron chi connectivity index (χ2n) is 6.24. The Hall–Kier alpha value is -1.39. The van der Waals surface area contributed by atoms with Crippen LogP contribution in [-0.4, -0.2) is 30.7 Å². The van der Waals surface area contributed by atoms with E-state index in [4.69, 9.17) is 0 Å². The van der Waals surface area contributed by atoms with Gasteiger partial charge < -0.3 is 15.3 Å². The van der Waals surface area contributed by atoms with Crippen molar-refractivity contribution >= 4 is 11.6 Å². The predicted molar refractivity (Wildman–Crippen MR) is 80.6 cm³/mol. The Morgan fingerprint density at radius 3 is 2.55 bits per heavy atom. The van der Waals surface area contributed by atoms with Crippen LogP contribution in [-0.2, 0) is 11.3 Å². The molecule has 0 aliphatic carbocycles. The average Bonchev–Trinajstić information content (AvgIpc) is 2.86. The van der Waals surface area contributed by atoms with E-state index in [-0.39, 0.29) is 17.9 Å². The van der Waals surface area contributed by atoms with Gasteiger partial charge >= 0.3 is 0 Å². The van der Waals surface area contributed by atoms with E-state index in [0.29, 0.717) is 6.42 Å². The van der Waals surface area contributed by atoms with Crippen LogP contribution in [0.25, 0.3) is 0 Å². The lowest BCUT2D eigenvalue weighted by Gasteiger charge is -2.22. The maximum absolute atomic E-state index is 11.7. The first-order chi connectivity index (χ1) is 9.52. The zero-order valence-corrected chi connectivity index (χ0v) is 12.4. The van der Waals surface area contributed by atoms with Gasteiger partial charge in [0.15, 0.2) is 0 Å². The van der Waals surface area contributed by atoms with Crippen LogP contribution >= 0.6 is 0 Å². The first-order valence-corrected chi connectivity index (χ1v) is 7.23. The van der Waals surface area contributed by atoms with Crippen LogP contribution in [0.5, 0.6) is 0 Å². The van der Waals surface area contributed by atoms with Gasteiger partial charge in [-0.05, 0) is 24.1 Å². The van der Waals surface area contributed by atoms with Gasteiger partial charge in [0, 0.05) is 43.8 Å². The predicted octanol–water partition coefficient (Wildman–Crippen LogP) is 1.92. The molecule has 0 atom stereocenters. The molecule has 20 heavy (non-hydrogen) atoms. The van der Waals surface area contributed by atoms with Gasteiger partial charge in [0.1, 0.15) is 0 Å². The van der Waals surface area contributed by atoms with Crippen molar-refractivity contribution in [1.29, 1.82) is 0 Å². The molecular weight excluding hydrogens is 252 g/mol. The third kappa shape index (κ3) is 3.81. The number of benzene rings is 1. The minimum absolute atomic E-state index is 0.0953. The summed E-state index contributed by atoms with van der Waals surface area (Å²) >= 11 is 0. The summed E-state index contributed by atoms with van der Waals surface area (Å²) in [5.41, 5.74) is 2.09. The number of nitrogens with zero attached hydrogens (tertiary/aromatic N) is 1. The zero-order valence-electron chi connectivity index (χ0n) is 12.4. The summed E-state index contributed by atoms with van der Waals surface area (Å²) < 4.78 is 0. The number of anilines is 1.